The van der Waals surface area contributed by atoms with Gasteiger partial charge in [0.15, 0.2) is 5.75 Å². The van der Waals surface area contributed by atoms with Gasteiger partial charge in [-0.15, -0.1) is 0 Å². The molecule has 0 aliphatic rings. The molecular formula is C8H8F2INO. The average Bonchev–Trinajstić information content (AvgIpc) is 2.03. The van der Waals surface area contributed by atoms with Gasteiger partial charge in [0.2, 0.25) is 0 Å². The summed E-state index contributed by atoms with van der Waals surface area (Å²) in [6.07, 6.45) is -2.53. The molecule has 0 bridgehead atoms. The summed E-state index contributed by atoms with van der Waals surface area (Å²) < 4.78 is 30.2. The minimum absolute atomic E-state index is 0.206. The Morgan fingerprint density at radius 1 is 1.54 bits per heavy atom. The minimum Gasteiger partial charge on any atom is -0.494 e. The first-order valence-electron chi connectivity index (χ1n) is 3.55. The van der Waals surface area contributed by atoms with Gasteiger partial charge in [-0.1, -0.05) is 0 Å². The Balaban J connectivity index is 3.20. The van der Waals surface area contributed by atoms with Crippen LogP contribution < -0.4 is 4.74 Å². The molecule has 5 heteroatoms. The van der Waals surface area contributed by atoms with Crippen molar-refractivity contribution >= 4 is 22.6 Å². The number of alkyl halides is 2. The van der Waals surface area contributed by atoms with Crippen molar-refractivity contribution in [1.29, 1.82) is 0 Å². The number of aryl methyl sites for hydroxylation is 1. The van der Waals surface area contributed by atoms with Crippen molar-refractivity contribution in [2.24, 2.45) is 0 Å². The Labute approximate surface area is 88.5 Å². The van der Waals surface area contributed by atoms with Crippen LogP contribution >= 0.6 is 22.6 Å². The van der Waals surface area contributed by atoms with Crippen LogP contribution in [0.2, 0.25) is 0 Å². The lowest BCUT2D eigenvalue weighted by Crippen LogP contribution is -1.98. The molecule has 0 aromatic carbocycles. The second kappa shape index (κ2) is 4.17. The van der Waals surface area contributed by atoms with Crippen molar-refractivity contribution in [2.75, 3.05) is 7.11 Å². The molecular weight excluding hydrogens is 291 g/mol. The Morgan fingerprint density at radius 3 is 2.54 bits per heavy atom. The van der Waals surface area contributed by atoms with Gasteiger partial charge in [-0.05, 0) is 35.6 Å². The Morgan fingerprint density at radius 2 is 2.15 bits per heavy atom. The monoisotopic (exact) mass is 299 g/mol. The van der Waals surface area contributed by atoms with Gasteiger partial charge in [0.1, 0.15) is 5.69 Å². The lowest BCUT2D eigenvalue weighted by atomic mass is 10.3. The number of methoxy groups -OCH3 is 1. The number of halogens is 3. The number of rotatable bonds is 2. The summed E-state index contributed by atoms with van der Waals surface area (Å²) in [6, 6.07) is 1.33. The maximum absolute atomic E-state index is 12.3. The van der Waals surface area contributed by atoms with Gasteiger partial charge >= 0.3 is 0 Å². The molecule has 1 rings (SSSR count). The van der Waals surface area contributed by atoms with Crippen molar-refractivity contribution < 1.29 is 13.5 Å². The van der Waals surface area contributed by atoms with E-state index in [2.05, 4.69) is 4.98 Å². The van der Waals surface area contributed by atoms with Crippen molar-refractivity contribution in [3.8, 4) is 5.75 Å². The highest BCUT2D eigenvalue weighted by atomic mass is 127. The molecule has 0 spiro atoms. The molecule has 0 atom stereocenters. The Hall–Kier alpha value is -0.460. The summed E-state index contributed by atoms with van der Waals surface area (Å²) in [7, 11) is 1.49. The molecule has 0 radical (unpaired) electrons. The Kier molecular flexibility index (Phi) is 3.40. The number of aromatic nitrogens is 1. The van der Waals surface area contributed by atoms with E-state index in [-0.39, 0.29) is 5.69 Å². The molecule has 72 valence electrons. The van der Waals surface area contributed by atoms with Crippen LogP contribution in [-0.2, 0) is 0 Å². The molecule has 1 aromatic heterocycles. The first-order valence-corrected chi connectivity index (χ1v) is 4.63. The van der Waals surface area contributed by atoms with Gasteiger partial charge in [-0.25, -0.2) is 13.8 Å². The highest BCUT2D eigenvalue weighted by molar-refractivity contribution is 14.1. The molecule has 0 unspecified atom stereocenters. The van der Waals surface area contributed by atoms with Crippen molar-refractivity contribution in [3.05, 3.63) is 21.0 Å². The average molecular weight is 299 g/mol. The van der Waals surface area contributed by atoms with Crippen LogP contribution in [0.5, 0.6) is 5.75 Å². The van der Waals surface area contributed by atoms with E-state index in [1.807, 2.05) is 22.6 Å². The van der Waals surface area contributed by atoms with Gasteiger partial charge in [0, 0.05) is 0 Å². The molecule has 0 saturated heterocycles. The van der Waals surface area contributed by atoms with E-state index in [9.17, 15) is 8.78 Å². The molecule has 13 heavy (non-hydrogen) atoms. The van der Waals surface area contributed by atoms with E-state index in [4.69, 9.17) is 4.74 Å². The van der Waals surface area contributed by atoms with Gasteiger partial charge < -0.3 is 4.74 Å². The molecule has 0 N–H and O–H groups in total. The Bertz CT molecular complexity index is 294. The van der Waals surface area contributed by atoms with Crippen molar-refractivity contribution in [3.63, 3.8) is 0 Å². The molecule has 0 saturated carbocycles. The third kappa shape index (κ3) is 2.26. The summed E-state index contributed by atoms with van der Waals surface area (Å²) in [4.78, 5) is 3.72. The normalized spacial score (nSPS) is 10.6. The van der Waals surface area contributed by atoms with E-state index in [1.165, 1.54) is 13.2 Å². The first-order chi connectivity index (χ1) is 6.06. The molecule has 1 aromatic rings. The number of pyridine rings is 1. The van der Waals surface area contributed by atoms with E-state index >= 15 is 0 Å². The fourth-order valence-corrected chi connectivity index (χ4v) is 1.93. The van der Waals surface area contributed by atoms with Crippen LogP contribution in [0.3, 0.4) is 0 Å². The third-order valence-electron chi connectivity index (χ3n) is 1.54. The topological polar surface area (TPSA) is 22.1 Å². The zero-order valence-corrected chi connectivity index (χ0v) is 9.30. The molecule has 0 aliphatic carbocycles. The number of nitrogens with zero attached hydrogens (tertiary/aromatic N) is 1. The van der Waals surface area contributed by atoms with Gasteiger partial charge in [0.05, 0.1) is 16.4 Å². The second-order valence-electron chi connectivity index (χ2n) is 2.45. The number of ether oxygens (including phenoxy) is 1. The zero-order valence-electron chi connectivity index (χ0n) is 7.14. The highest BCUT2D eigenvalue weighted by Crippen LogP contribution is 2.27. The van der Waals surface area contributed by atoms with E-state index < -0.39 is 6.43 Å². The van der Waals surface area contributed by atoms with Gasteiger partial charge in [-0.2, -0.15) is 0 Å². The first kappa shape index (κ1) is 10.6. The minimum atomic E-state index is -2.53. The molecule has 2 nitrogen and oxygen atoms in total. The SMILES string of the molecule is COc1c(I)cc(C(F)F)nc1C. The lowest BCUT2D eigenvalue weighted by molar-refractivity contribution is 0.145. The smallest absolute Gasteiger partial charge is 0.280 e. The van der Waals surface area contributed by atoms with E-state index in [0.717, 1.165) is 0 Å². The predicted molar refractivity (Wildman–Crippen MR) is 53.2 cm³/mol. The summed E-state index contributed by atoms with van der Waals surface area (Å²) in [5, 5.41) is 0. The molecule has 1 heterocycles. The van der Waals surface area contributed by atoms with E-state index in [0.29, 0.717) is 15.0 Å². The highest BCUT2D eigenvalue weighted by Gasteiger charge is 2.14. The number of hydrogen-bond acceptors (Lipinski definition) is 2. The zero-order chi connectivity index (χ0) is 10.0. The van der Waals surface area contributed by atoms with Crippen LogP contribution in [-0.4, -0.2) is 12.1 Å². The van der Waals surface area contributed by atoms with Crippen LogP contribution in [0.15, 0.2) is 6.07 Å². The lowest BCUT2D eigenvalue weighted by Gasteiger charge is -2.08. The summed E-state index contributed by atoms with van der Waals surface area (Å²) in [5.41, 5.74) is 0.285. The maximum atomic E-state index is 12.3. The fourth-order valence-electron chi connectivity index (χ4n) is 1.00. The largest absolute Gasteiger partial charge is 0.494 e. The fraction of sp³-hybridized carbons (Fsp3) is 0.375. The standard InChI is InChI=1S/C8H8F2INO/c1-4-7(13-2)5(11)3-6(12-4)8(9)10/h3,8H,1-2H3. The van der Waals surface area contributed by atoms with Gasteiger partial charge in [-0.3, -0.25) is 0 Å². The van der Waals surface area contributed by atoms with Crippen LogP contribution in [0.25, 0.3) is 0 Å². The van der Waals surface area contributed by atoms with Crippen molar-refractivity contribution in [2.45, 2.75) is 13.3 Å². The second-order valence-corrected chi connectivity index (χ2v) is 3.61. The number of hydrogen-bond donors (Lipinski definition) is 0. The summed E-state index contributed by atoms with van der Waals surface area (Å²) in [5.74, 6) is 0.560. The molecule has 0 aliphatic heterocycles. The molecule has 0 amide bonds. The van der Waals surface area contributed by atoms with Crippen LogP contribution in [0.1, 0.15) is 17.8 Å². The summed E-state index contributed by atoms with van der Waals surface area (Å²) >= 11 is 1.95. The van der Waals surface area contributed by atoms with Crippen LogP contribution in [0, 0.1) is 10.5 Å². The third-order valence-corrected chi connectivity index (χ3v) is 2.35. The molecule has 0 fully saturated rings. The van der Waals surface area contributed by atoms with Crippen molar-refractivity contribution in [1.82, 2.24) is 4.98 Å². The van der Waals surface area contributed by atoms with E-state index in [1.54, 1.807) is 6.92 Å². The van der Waals surface area contributed by atoms with Crippen LogP contribution in [0.4, 0.5) is 8.78 Å². The van der Waals surface area contributed by atoms with Gasteiger partial charge in [0.25, 0.3) is 6.43 Å². The predicted octanol–water partition coefficient (Wildman–Crippen LogP) is 2.94. The maximum Gasteiger partial charge on any atom is 0.280 e. The quantitative estimate of drug-likeness (QED) is 0.783. The summed E-state index contributed by atoms with van der Waals surface area (Å²) in [6.45, 7) is 1.65.